The second kappa shape index (κ2) is 5.76. The Bertz CT molecular complexity index is 768. The van der Waals surface area contributed by atoms with E-state index in [9.17, 15) is 4.79 Å². The quantitative estimate of drug-likeness (QED) is 0.725. The molecule has 0 aliphatic rings. The molecular formula is C16H13N3OS. The topological polar surface area (TPSA) is 68.0 Å². The van der Waals surface area contributed by atoms with Crippen LogP contribution in [0.1, 0.15) is 10.4 Å². The number of hydrogen-bond donors (Lipinski definition) is 2. The van der Waals surface area contributed by atoms with Gasteiger partial charge in [0.2, 0.25) is 0 Å². The molecule has 4 nitrogen and oxygen atoms in total. The van der Waals surface area contributed by atoms with Gasteiger partial charge in [-0.25, -0.2) is 4.98 Å². The number of nitrogens with one attached hydrogen (secondary N) is 1. The van der Waals surface area contributed by atoms with Crippen molar-refractivity contribution in [2.45, 2.75) is 0 Å². The fourth-order valence-corrected chi connectivity index (χ4v) is 2.64. The van der Waals surface area contributed by atoms with E-state index in [1.807, 2.05) is 47.8 Å². The number of aromatic nitrogens is 1. The van der Waals surface area contributed by atoms with Crippen LogP contribution in [0.5, 0.6) is 0 Å². The highest BCUT2D eigenvalue weighted by Crippen LogP contribution is 2.26. The van der Waals surface area contributed by atoms with E-state index >= 15 is 0 Å². The number of nitrogen functional groups attached to an aromatic ring is 1. The van der Waals surface area contributed by atoms with Gasteiger partial charge in [-0.05, 0) is 24.3 Å². The Hall–Kier alpha value is -2.66. The monoisotopic (exact) mass is 295 g/mol. The first-order chi connectivity index (χ1) is 10.2. The van der Waals surface area contributed by atoms with Crippen LogP contribution in [-0.4, -0.2) is 10.9 Å². The van der Waals surface area contributed by atoms with Gasteiger partial charge in [-0.15, -0.1) is 11.3 Å². The van der Waals surface area contributed by atoms with Gasteiger partial charge in [-0.3, -0.25) is 10.1 Å². The first-order valence-electron chi connectivity index (χ1n) is 6.40. The second-order valence-corrected chi connectivity index (χ2v) is 5.34. The summed E-state index contributed by atoms with van der Waals surface area (Å²) < 4.78 is 0. The molecule has 0 saturated carbocycles. The van der Waals surface area contributed by atoms with Crippen molar-refractivity contribution in [2.24, 2.45) is 0 Å². The van der Waals surface area contributed by atoms with Crippen molar-refractivity contribution in [1.82, 2.24) is 4.98 Å². The number of hydrogen-bond acceptors (Lipinski definition) is 4. The second-order valence-electron chi connectivity index (χ2n) is 4.48. The fraction of sp³-hybridized carbons (Fsp3) is 0. The van der Waals surface area contributed by atoms with Crippen LogP contribution in [0.25, 0.3) is 11.3 Å². The maximum absolute atomic E-state index is 12.0. The molecule has 1 heterocycles. The normalized spacial score (nSPS) is 10.3. The minimum atomic E-state index is -0.163. The number of amides is 1. The predicted molar refractivity (Wildman–Crippen MR) is 86.4 cm³/mol. The molecule has 1 amide bonds. The third-order valence-corrected chi connectivity index (χ3v) is 3.70. The molecule has 104 valence electrons. The Labute approximate surface area is 126 Å². The molecule has 0 bridgehead atoms. The van der Waals surface area contributed by atoms with Gasteiger partial charge in [0, 0.05) is 22.2 Å². The van der Waals surface area contributed by atoms with E-state index in [4.69, 9.17) is 5.73 Å². The van der Waals surface area contributed by atoms with Crippen LogP contribution >= 0.6 is 11.3 Å². The first kappa shape index (κ1) is 13.3. The molecule has 1 aromatic heterocycles. The molecule has 0 saturated heterocycles. The molecule has 21 heavy (non-hydrogen) atoms. The fourth-order valence-electron chi connectivity index (χ4n) is 1.92. The Morgan fingerprint density at radius 1 is 1.10 bits per heavy atom. The lowest BCUT2D eigenvalue weighted by Crippen LogP contribution is -2.11. The summed E-state index contributed by atoms with van der Waals surface area (Å²) >= 11 is 1.39. The van der Waals surface area contributed by atoms with Crippen molar-refractivity contribution in [3.05, 3.63) is 65.5 Å². The van der Waals surface area contributed by atoms with Gasteiger partial charge in [-0.2, -0.15) is 0 Å². The Kier molecular flexibility index (Phi) is 3.66. The highest BCUT2D eigenvalue weighted by atomic mass is 32.1. The molecule has 5 heteroatoms. The number of nitrogens with zero attached hydrogens (tertiary/aromatic N) is 1. The van der Waals surface area contributed by atoms with Crippen LogP contribution in [0, 0.1) is 0 Å². The summed E-state index contributed by atoms with van der Waals surface area (Å²) in [4.78, 5) is 16.5. The molecule has 0 radical (unpaired) electrons. The number of nitrogens with two attached hydrogens (primary N) is 1. The standard InChI is InChI=1S/C16H13N3OS/c17-13-8-4-7-12(9-13)14-10-21-16(18-14)19-15(20)11-5-2-1-3-6-11/h1-10H,17H2,(H,18,19,20). The van der Waals surface area contributed by atoms with Gasteiger partial charge in [0.1, 0.15) is 0 Å². The van der Waals surface area contributed by atoms with E-state index in [0.29, 0.717) is 16.4 Å². The first-order valence-corrected chi connectivity index (χ1v) is 7.28. The molecule has 0 aliphatic heterocycles. The molecule has 0 aliphatic carbocycles. The van der Waals surface area contributed by atoms with Crippen molar-refractivity contribution in [1.29, 1.82) is 0 Å². The van der Waals surface area contributed by atoms with E-state index in [-0.39, 0.29) is 5.91 Å². The van der Waals surface area contributed by atoms with Crippen molar-refractivity contribution in [2.75, 3.05) is 11.1 Å². The minimum absolute atomic E-state index is 0.163. The van der Waals surface area contributed by atoms with Crippen LogP contribution in [-0.2, 0) is 0 Å². The maximum Gasteiger partial charge on any atom is 0.257 e. The third kappa shape index (κ3) is 3.09. The van der Waals surface area contributed by atoms with E-state index in [0.717, 1.165) is 11.3 Å². The van der Waals surface area contributed by atoms with Crippen molar-refractivity contribution >= 4 is 28.1 Å². The lowest BCUT2D eigenvalue weighted by atomic mass is 10.1. The lowest BCUT2D eigenvalue weighted by molar-refractivity contribution is 0.102. The SMILES string of the molecule is Nc1cccc(-c2csc(NC(=O)c3ccccc3)n2)c1. The van der Waals surface area contributed by atoms with Gasteiger partial charge < -0.3 is 5.73 Å². The Morgan fingerprint density at radius 3 is 2.67 bits per heavy atom. The summed E-state index contributed by atoms with van der Waals surface area (Å²) in [6, 6.07) is 16.6. The number of carbonyl (C=O) groups excluding carboxylic acids is 1. The number of rotatable bonds is 3. The molecule has 2 aromatic carbocycles. The molecule has 3 rings (SSSR count). The molecule has 3 aromatic rings. The average Bonchev–Trinajstić information content (AvgIpc) is 2.97. The van der Waals surface area contributed by atoms with Gasteiger partial charge in [0.15, 0.2) is 5.13 Å². The zero-order valence-corrected chi connectivity index (χ0v) is 11.9. The Balaban J connectivity index is 1.78. The highest BCUT2D eigenvalue weighted by molar-refractivity contribution is 7.14. The average molecular weight is 295 g/mol. The number of benzene rings is 2. The van der Waals surface area contributed by atoms with Crippen LogP contribution in [0.15, 0.2) is 60.0 Å². The molecular weight excluding hydrogens is 282 g/mol. The van der Waals surface area contributed by atoms with E-state index < -0.39 is 0 Å². The molecule has 3 N–H and O–H groups in total. The van der Waals surface area contributed by atoms with E-state index in [1.54, 1.807) is 12.1 Å². The zero-order valence-electron chi connectivity index (χ0n) is 11.1. The Morgan fingerprint density at radius 2 is 1.90 bits per heavy atom. The number of anilines is 2. The van der Waals surface area contributed by atoms with Crippen LogP contribution in [0.4, 0.5) is 10.8 Å². The van der Waals surface area contributed by atoms with Gasteiger partial charge in [0.25, 0.3) is 5.91 Å². The summed E-state index contributed by atoms with van der Waals surface area (Å²) in [5.74, 6) is -0.163. The number of thiazole rings is 1. The molecule has 0 atom stereocenters. The van der Waals surface area contributed by atoms with Crippen LogP contribution in [0.2, 0.25) is 0 Å². The third-order valence-electron chi connectivity index (χ3n) is 2.94. The highest BCUT2D eigenvalue weighted by Gasteiger charge is 2.09. The maximum atomic E-state index is 12.0. The largest absolute Gasteiger partial charge is 0.399 e. The summed E-state index contributed by atoms with van der Waals surface area (Å²) in [5, 5.41) is 5.27. The molecule has 0 fully saturated rings. The smallest absolute Gasteiger partial charge is 0.257 e. The van der Waals surface area contributed by atoms with Crippen LogP contribution < -0.4 is 11.1 Å². The summed E-state index contributed by atoms with van der Waals surface area (Å²) in [6.45, 7) is 0. The van der Waals surface area contributed by atoms with E-state index in [1.165, 1.54) is 11.3 Å². The zero-order chi connectivity index (χ0) is 14.7. The number of carbonyl (C=O) groups is 1. The van der Waals surface area contributed by atoms with Crippen LogP contribution in [0.3, 0.4) is 0 Å². The summed E-state index contributed by atoms with van der Waals surface area (Å²) in [5.41, 5.74) is 8.80. The van der Waals surface area contributed by atoms with Crippen molar-refractivity contribution in [3.8, 4) is 11.3 Å². The minimum Gasteiger partial charge on any atom is -0.399 e. The summed E-state index contributed by atoms with van der Waals surface area (Å²) in [6.07, 6.45) is 0. The lowest BCUT2D eigenvalue weighted by Gasteiger charge is -2.01. The molecule has 0 unspecified atom stereocenters. The van der Waals surface area contributed by atoms with E-state index in [2.05, 4.69) is 10.3 Å². The molecule has 0 spiro atoms. The van der Waals surface area contributed by atoms with Crippen molar-refractivity contribution in [3.63, 3.8) is 0 Å². The van der Waals surface area contributed by atoms with Crippen molar-refractivity contribution < 1.29 is 4.79 Å². The van der Waals surface area contributed by atoms with Gasteiger partial charge >= 0.3 is 0 Å². The predicted octanol–water partition coefficient (Wildman–Crippen LogP) is 3.64. The van der Waals surface area contributed by atoms with Gasteiger partial charge in [-0.1, -0.05) is 30.3 Å². The summed E-state index contributed by atoms with van der Waals surface area (Å²) in [7, 11) is 0. The van der Waals surface area contributed by atoms with Gasteiger partial charge in [0.05, 0.1) is 5.69 Å².